The first-order valence-corrected chi connectivity index (χ1v) is 6.76. The van der Waals surface area contributed by atoms with Crippen LogP contribution in [-0.4, -0.2) is 11.9 Å². The standard InChI is InChI=1S/C15H22N2O/c1-11(16)10-14(18)17-15(13-8-5-9-13)12-6-3-2-4-7-12/h2-4,6-7,11,13,15H,5,8-10,16H2,1H3,(H,17,18). The maximum atomic E-state index is 11.9. The summed E-state index contributed by atoms with van der Waals surface area (Å²) in [6, 6.07) is 10.3. The summed E-state index contributed by atoms with van der Waals surface area (Å²) in [7, 11) is 0. The molecule has 2 atom stereocenters. The van der Waals surface area contributed by atoms with E-state index in [1.165, 1.54) is 24.8 Å². The van der Waals surface area contributed by atoms with Gasteiger partial charge in [-0.3, -0.25) is 4.79 Å². The Balaban J connectivity index is 2.04. The molecule has 2 rings (SSSR count). The Labute approximate surface area is 109 Å². The van der Waals surface area contributed by atoms with Gasteiger partial charge in [-0.1, -0.05) is 36.8 Å². The van der Waals surface area contributed by atoms with Gasteiger partial charge >= 0.3 is 0 Å². The summed E-state index contributed by atoms with van der Waals surface area (Å²) in [6.45, 7) is 1.86. The Hall–Kier alpha value is -1.35. The van der Waals surface area contributed by atoms with Crippen molar-refractivity contribution in [3.63, 3.8) is 0 Å². The first kappa shape index (κ1) is 13.1. The predicted octanol–water partition coefficient (Wildman–Crippen LogP) is 2.38. The number of benzene rings is 1. The van der Waals surface area contributed by atoms with Crippen LogP contribution in [0.4, 0.5) is 0 Å². The van der Waals surface area contributed by atoms with Gasteiger partial charge in [-0.2, -0.15) is 0 Å². The number of hydrogen-bond acceptors (Lipinski definition) is 2. The Morgan fingerprint density at radius 2 is 2.06 bits per heavy atom. The lowest BCUT2D eigenvalue weighted by Crippen LogP contribution is -2.38. The lowest BCUT2D eigenvalue weighted by atomic mass is 9.77. The summed E-state index contributed by atoms with van der Waals surface area (Å²) in [5.41, 5.74) is 6.88. The lowest BCUT2D eigenvalue weighted by Gasteiger charge is -2.34. The molecule has 98 valence electrons. The molecule has 1 saturated carbocycles. The van der Waals surface area contributed by atoms with Crippen LogP contribution >= 0.6 is 0 Å². The summed E-state index contributed by atoms with van der Waals surface area (Å²) >= 11 is 0. The van der Waals surface area contributed by atoms with E-state index in [1.807, 2.05) is 25.1 Å². The van der Waals surface area contributed by atoms with Crippen LogP contribution in [0.5, 0.6) is 0 Å². The third-order valence-corrected chi connectivity index (χ3v) is 3.60. The summed E-state index contributed by atoms with van der Waals surface area (Å²) in [5, 5.41) is 3.15. The van der Waals surface area contributed by atoms with Gasteiger partial charge in [0.15, 0.2) is 0 Å². The van der Waals surface area contributed by atoms with E-state index >= 15 is 0 Å². The predicted molar refractivity (Wildman–Crippen MR) is 72.9 cm³/mol. The Morgan fingerprint density at radius 1 is 1.39 bits per heavy atom. The summed E-state index contributed by atoms with van der Waals surface area (Å²) < 4.78 is 0. The minimum absolute atomic E-state index is 0.0609. The molecule has 1 amide bonds. The topological polar surface area (TPSA) is 55.1 Å². The molecule has 1 aromatic rings. The second-order valence-electron chi connectivity index (χ2n) is 5.33. The zero-order valence-electron chi connectivity index (χ0n) is 10.9. The number of hydrogen-bond donors (Lipinski definition) is 2. The maximum Gasteiger partial charge on any atom is 0.222 e. The molecule has 1 aromatic carbocycles. The molecule has 18 heavy (non-hydrogen) atoms. The smallest absolute Gasteiger partial charge is 0.222 e. The molecule has 0 spiro atoms. The minimum Gasteiger partial charge on any atom is -0.349 e. The Bertz CT molecular complexity index is 385. The van der Waals surface area contributed by atoms with E-state index in [2.05, 4.69) is 17.4 Å². The summed E-state index contributed by atoms with van der Waals surface area (Å²) in [4.78, 5) is 11.9. The Kier molecular flexibility index (Phi) is 4.37. The maximum absolute atomic E-state index is 11.9. The van der Waals surface area contributed by atoms with Gasteiger partial charge < -0.3 is 11.1 Å². The van der Waals surface area contributed by atoms with Gasteiger partial charge in [0.25, 0.3) is 0 Å². The van der Waals surface area contributed by atoms with E-state index in [1.54, 1.807) is 0 Å². The first-order valence-electron chi connectivity index (χ1n) is 6.76. The van der Waals surface area contributed by atoms with Crippen molar-refractivity contribution < 1.29 is 4.79 Å². The van der Waals surface area contributed by atoms with Crippen LogP contribution in [0.1, 0.15) is 44.2 Å². The average molecular weight is 246 g/mol. The second kappa shape index (κ2) is 6.01. The molecule has 0 bridgehead atoms. The van der Waals surface area contributed by atoms with Gasteiger partial charge in [-0.25, -0.2) is 0 Å². The molecular formula is C15H22N2O. The van der Waals surface area contributed by atoms with Crippen LogP contribution in [0.3, 0.4) is 0 Å². The molecule has 3 N–H and O–H groups in total. The third-order valence-electron chi connectivity index (χ3n) is 3.60. The van der Waals surface area contributed by atoms with Gasteiger partial charge in [0.05, 0.1) is 6.04 Å². The molecular weight excluding hydrogens is 224 g/mol. The summed E-state index contributed by atoms with van der Waals surface area (Å²) in [5.74, 6) is 0.648. The van der Waals surface area contributed by atoms with Crippen LogP contribution in [0.25, 0.3) is 0 Å². The van der Waals surface area contributed by atoms with E-state index in [0.29, 0.717) is 12.3 Å². The second-order valence-corrected chi connectivity index (χ2v) is 5.33. The van der Waals surface area contributed by atoms with Crippen molar-refractivity contribution in [2.45, 2.75) is 44.7 Å². The molecule has 1 aliphatic rings. The van der Waals surface area contributed by atoms with Gasteiger partial charge in [0.2, 0.25) is 5.91 Å². The third kappa shape index (κ3) is 3.33. The highest BCUT2D eigenvalue weighted by Crippen LogP contribution is 2.37. The van der Waals surface area contributed by atoms with Crippen molar-refractivity contribution in [3.05, 3.63) is 35.9 Å². The van der Waals surface area contributed by atoms with Crippen molar-refractivity contribution in [3.8, 4) is 0 Å². The van der Waals surface area contributed by atoms with E-state index in [9.17, 15) is 4.79 Å². The van der Waals surface area contributed by atoms with E-state index < -0.39 is 0 Å². The lowest BCUT2D eigenvalue weighted by molar-refractivity contribution is -0.122. The fourth-order valence-corrected chi connectivity index (χ4v) is 2.43. The minimum atomic E-state index is -0.0807. The number of nitrogens with two attached hydrogens (primary N) is 1. The van der Waals surface area contributed by atoms with Crippen molar-refractivity contribution >= 4 is 5.91 Å². The quantitative estimate of drug-likeness (QED) is 0.838. The van der Waals surface area contributed by atoms with E-state index in [0.717, 1.165) is 0 Å². The van der Waals surface area contributed by atoms with E-state index in [-0.39, 0.29) is 18.0 Å². The van der Waals surface area contributed by atoms with Gasteiger partial charge in [0, 0.05) is 12.5 Å². The van der Waals surface area contributed by atoms with Crippen LogP contribution in [0.15, 0.2) is 30.3 Å². The van der Waals surface area contributed by atoms with Crippen LogP contribution < -0.4 is 11.1 Å². The number of carbonyl (C=O) groups excluding carboxylic acids is 1. The molecule has 3 heteroatoms. The zero-order chi connectivity index (χ0) is 13.0. The average Bonchev–Trinajstić information content (AvgIpc) is 2.26. The summed E-state index contributed by atoms with van der Waals surface area (Å²) in [6.07, 6.45) is 4.09. The fraction of sp³-hybridized carbons (Fsp3) is 0.533. The molecule has 0 aliphatic heterocycles. The van der Waals surface area contributed by atoms with Crippen molar-refractivity contribution in [1.82, 2.24) is 5.32 Å². The molecule has 0 aromatic heterocycles. The Morgan fingerprint density at radius 3 is 2.56 bits per heavy atom. The normalized spacial score (nSPS) is 18.8. The van der Waals surface area contributed by atoms with Gasteiger partial charge in [-0.05, 0) is 31.2 Å². The number of rotatable bonds is 5. The van der Waals surface area contributed by atoms with Crippen LogP contribution in [-0.2, 0) is 4.79 Å². The molecule has 2 unspecified atom stereocenters. The largest absolute Gasteiger partial charge is 0.349 e. The highest BCUT2D eigenvalue weighted by Gasteiger charge is 2.29. The monoisotopic (exact) mass is 246 g/mol. The van der Waals surface area contributed by atoms with Crippen molar-refractivity contribution in [2.24, 2.45) is 11.7 Å². The van der Waals surface area contributed by atoms with Crippen molar-refractivity contribution in [2.75, 3.05) is 0 Å². The van der Waals surface area contributed by atoms with Gasteiger partial charge in [0.1, 0.15) is 0 Å². The van der Waals surface area contributed by atoms with Gasteiger partial charge in [-0.15, -0.1) is 0 Å². The number of nitrogens with one attached hydrogen (secondary N) is 1. The molecule has 0 radical (unpaired) electrons. The van der Waals surface area contributed by atoms with E-state index in [4.69, 9.17) is 5.73 Å². The highest BCUT2D eigenvalue weighted by atomic mass is 16.1. The fourth-order valence-electron chi connectivity index (χ4n) is 2.43. The molecule has 1 aliphatic carbocycles. The molecule has 0 heterocycles. The number of carbonyl (C=O) groups is 1. The molecule has 0 saturated heterocycles. The molecule has 1 fully saturated rings. The van der Waals surface area contributed by atoms with Crippen molar-refractivity contribution in [1.29, 1.82) is 0 Å². The van der Waals surface area contributed by atoms with Crippen LogP contribution in [0.2, 0.25) is 0 Å². The SMILES string of the molecule is CC(N)CC(=O)NC(c1ccccc1)C1CCC1. The molecule has 3 nitrogen and oxygen atoms in total. The number of amides is 1. The highest BCUT2D eigenvalue weighted by molar-refractivity contribution is 5.77. The first-order chi connectivity index (χ1) is 8.66. The van der Waals surface area contributed by atoms with Crippen LogP contribution in [0, 0.1) is 5.92 Å². The zero-order valence-corrected chi connectivity index (χ0v) is 10.9.